The molecule has 0 unspecified atom stereocenters. The van der Waals surface area contributed by atoms with Gasteiger partial charge in [0, 0.05) is 19.2 Å². The number of carbonyl (C=O) groups is 1. The van der Waals surface area contributed by atoms with E-state index >= 15 is 0 Å². The highest BCUT2D eigenvalue weighted by atomic mass is 16.5. The highest BCUT2D eigenvalue weighted by Crippen LogP contribution is 2.26. The molecular weight excluding hydrogens is 300 g/mol. The zero-order valence-corrected chi connectivity index (χ0v) is 15.0. The molecule has 132 valence electrons. The van der Waals surface area contributed by atoms with Gasteiger partial charge in [-0.05, 0) is 58.2 Å². The fraction of sp³-hybridized carbons (Fsp3) is 0.650. The van der Waals surface area contributed by atoms with Gasteiger partial charge in [0.05, 0.1) is 11.5 Å². The fourth-order valence-electron chi connectivity index (χ4n) is 3.91. The topological polar surface area (TPSA) is 41.6 Å². The number of benzene rings is 1. The van der Waals surface area contributed by atoms with Crippen LogP contribution in [0.4, 0.5) is 0 Å². The number of amides is 1. The number of rotatable bonds is 5. The Kier molecular flexibility index (Phi) is 5.57. The summed E-state index contributed by atoms with van der Waals surface area (Å²) in [5, 5.41) is 3.30. The van der Waals surface area contributed by atoms with Crippen LogP contribution in [0.5, 0.6) is 0 Å². The van der Waals surface area contributed by atoms with E-state index in [1.807, 2.05) is 18.2 Å². The minimum Gasteiger partial charge on any atom is -0.375 e. The number of nitrogens with zero attached hydrogens (tertiary/aromatic N) is 1. The quantitative estimate of drug-likeness (QED) is 0.902. The molecule has 0 bridgehead atoms. The van der Waals surface area contributed by atoms with Crippen LogP contribution in [-0.2, 0) is 9.53 Å². The standard InChI is InChI=1S/C20H30N2O2/c1-20(2)14-17(10-13-24-20)21-19(23)18(15-22-11-6-7-12-22)16-8-4-3-5-9-16/h3-5,8-9,17-18H,6-7,10-15H2,1-2H3,(H,21,23)/t17-,18+/m1/s1. The summed E-state index contributed by atoms with van der Waals surface area (Å²) in [6.45, 7) is 7.97. The Hall–Kier alpha value is -1.39. The Morgan fingerprint density at radius 1 is 1.29 bits per heavy atom. The summed E-state index contributed by atoms with van der Waals surface area (Å²) < 4.78 is 5.77. The monoisotopic (exact) mass is 330 g/mol. The second-order valence-corrected chi connectivity index (χ2v) is 7.78. The average molecular weight is 330 g/mol. The Morgan fingerprint density at radius 3 is 2.67 bits per heavy atom. The normalized spacial score (nSPS) is 25.3. The third-order valence-corrected chi connectivity index (χ3v) is 5.20. The van der Waals surface area contributed by atoms with Crippen LogP contribution in [0.2, 0.25) is 0 Å². The highest BCUT2D eigenvalue weighted by molar-refractivity contribution is 5.84. The molecule has 0 radical (unpaired) electrons. The molecule has 0 aliphatic carbocycles. The number of ether oxygens (including phenoxy) is 1. The van der Waals surface area contributed by atoms with E-state index in [9.17, 15) is 4.79 Å². The number of likely N-dealkylation sites (tertiary alicyclic amines) is 1. The molecule has 2 saturated heterocycles. The van der Waals surface area contributed by atoms with E-state index in [-0.39, 0.29) is 23.5 Å². The molecule has 4 nitrogen and oxygen atoms in total. The van der Waals surface area contributed by atoms with Crippen molar-refractivity contribution >= 4 is 5.91 Å². The van der Waals surface area contributed by atoms with Gasteiger partial charge in [0.15, 0.2) is 0 Å². The summed E-state index contributed by atoms with van der Waals surface area (Å²) in [5.41, 5.74) is 0.973. The molecule has 1 aromatic rings. The zero-order valence-electron chi connectivity index (χ0n) is 15.0. The van der Waals surface area contributed by atoms with Gasteiger partial charge in [-0.1, -0.05) is 30.3 Å². The van der Waals surface area contributed by atoms with Crippen molar-refractivity contribution in [2.24, 2.45) is 0 Å². The number of hydrogen-bond acceptors (Lipinski definition) is 3. The summed E-state index contributed by atoms with van der Waals surface area (Å²) in [6, 6.07) is 10.4. The molecule has 2 heterocycles. The van der Waals surface area contributed by atoms with E-state index in [0.29, 0.717) is 0 Å². The molecule has 2 atom stereocenters. The van der Waals surface area contributed by atoms with Crippen LogP contribution in [-0.4, -0.2) is 48.7 Å². The van der Waals surface area contributed by atoms with Crippen molar-refractivity contribution in [3.05, 3.63) is 35.9 Å². The Labute approximate surface area is 145 Å². The maximum absolute atomic E-state index is 13.0. The molecule has 1 aromatic carbocycles. The van der Waals surface area contributed by atoms with Crippen molar-refractivity contribution in [1.82, 2.24) is 10.2 Å². The molecule has 4 heteroatoms. The first-order chi connectivity index (χ1) is 11.5. The highest BCUT2D eigenvalue weighted by Gasteiger charge is 2.32. The van der Waals surface area contributed by atoms with Gasteiger partial charge in [-0.3, -0.25) is 4.79 Å². The molecule has 2 aliphatic rings. The zero-order chi connectivity index (χ0) is 17.0. The minimum absolute atomic E-state index is 0.0877. The van der Waals surface area contributed by atoms with Gasteiger partial charge in [-0.2, -0.15) is 0 Å². The lowest BCUT2D eigenvalue weighted by molar-refractivity contribution is -0.126. The summed E-state index contributed by atoms with van der Waals surface area (Å²) in [4.78, 5) is 15.5. The van der Waals surface area contributed by atoms with Gasteiger partial charge in [-0.15, -0.1) is 0 Å². The smallest absolute Gasteiger partial charge is 0.229 e. The Morgan fingerprint density at radius 2 is 2.00 bits per heavy atom. The first kappa shape index (κ1) is 17.4. The molecule has 3 rings (SSSR count). The van der Waals surface area contributed by atoms with E-state index < -0.39 is 0 Å². The second kappa shape index (κ2) is 7.66. The van der Waals surface area contributed by atoms with Crippen molar-refractivity contribution in [3.8, 4) is 0 Å². The summed E-state index contributed by atoms with van der Waals surface area (Å²) >= 11 is 0. The summed E-state index contributed by atoms with van der Waals surface area (Å²) in [7, 11) is 0. The number of carbonyl (C=O) groups excluding carboxylic acids is 1. The minimum atomic E-state index is -0.145. The van der Waals surface area contributed by atoms with Crippen LogP contribution in [0, 0.1) is 0 Å². The van der Waals surface area contributed by atoms with E-state index in [4.69, 9.17) is 4.74 Å². The molecule has 24 heavy (non-hydrogen) atoms. The van der Waals surface area contributed by atoms with E-state index in [2.05, 4.69) is 36.2 Å². The number of nitrogens with one attached hydrogen (secondary N) is 1. The molecule has 1 amide bonds. The van der Waals surface area contributed by atoms with Crippen LogP contribution in [0.15, 0.2) is 30.3 Å². The maximum Gasteiger partial charge on any atom is 0.229 e. The average Bonchev–Trinajstić information content (AvgIpc) is 3.05. The summed E-state index contributed by atoms with van der Waals surface area (Å²) in [5.74, 6) is 0.0751. The lowest BCUT2D eigenvalue weighted by atomic mass is 9.92. The molecule has 0 aromatic heterocycles. The van der Waals surface area contributed by atoms with Crippen LogP contribution in [0.3, 0.4) is 0 Å². The SMILES string of the molecule is CC1(C)C[C@H](NC(=O)[C@@H](CN2CCCC2)c2ccccc2)CCO1. The van der Waals surface area contributed by atoms with Crippen molar-refractivity contribution in [1.29, 1.82) is 0 Å². The van der Waals surface area contributed by atoms with E-state index in [0.717, 1.165) is 44.6 Å². The van der Waals surface area contributed by atoms with E-state index in [1.54, 1.807) is 0 Å². The van der Waals surface area contributed by atoms with Gasteiger partial charge in [0.25, 0.3) is 0 Å². The van der Waals surface area contributed by atoms with Crippen molar-refractivity contribution in [2.45, 2.75) is 57.1 Å². The maximum atomic E-state index is 13.0. The fourth-order valence-corrected chi connectivity index (χ4v) is 3.91. The van der Waals surface area contributed by atoms with Gasteiger partial charge in [-0.25, -0.2) is 0 Å². The van der Waals surface area contributed by atoms with Gasteiger partial charge in [0.1, 0.15) is 0 Å². The number of hydrogen-bond donors (Lipinski definition) is 1. The van der Waals surface area contributed by atoms with Crippen LogP contribution in [0.1, 0.15) is 51.0 Å². The van der Waals surface area contributed by atoms with Crippen molar-refractivity contribution in [2.75, 3.05) is 26.2 Å². The van der Waals surface area contributed by atoms with Crippen LogP contribution in [0.25, 0.3) is 0 Å². The predicted molar refractivity (Wildman–Crippen MR) is 96.1 cm³/mol. The first-order valence-electron chi connectivity index (χ1n) is 9.25. The molecule has 0 saturated carbocycles. The largest absolute Gasteiger partial charge is 0.375 e. The van der Waals surface area contributed by atoms with E-state index in [1.165, 1.54) is 12.8 Å². The lowest BCUT2D eigenvalue weighted by Crippen LogP contribution is -2.48. The molecule has 0 spiro atoms. The van der Waals surface area contributed by atoms with Gasteiger partial charge >= 0.3 is 0 Å². The Balaban J connectivity index is 1.68. The first-order valence-corrected chi connectivity index (χ1v) is 9.25. The van der Waals surface area contributed by atoms with Gasteiger partial charge < -0.3 is 15.0 Å². The third kappa shape index (κ3) is 4.58. The second-order valence-electron chi connectivity index (χ2n) is 7.78. The summed E-state index contributed by atoms with van der Waals surface area (Å²) in [6.07, 6.45) is 4.28. The molecule has 1 N–H and O–H groups in total. The van der Waals surface area contributed by atoms with Gasteiger partial charge in [0.2, 0.25) is 5.91 Å². The predicted octanol–water partition coefficient (Wildman–Crippen LogP) is 2.94. The van der Waals surface area contributed by atoms with Crippen LogP contribution >= 0.6 is 0 Å². The van der Waals surface area contributed by atoms with Crippen molar-refractivity contribution in [3.63, 3.8) is 0 Å². The van der Waals surface area contributed by atoms with Crippen LogP contribution < -0.4 is 5.32 Å². The molecular formula is C20H30N2O2. The third-order valence-electron chi connectivity index (χ3n) is 5.20. The van der Waals surface area contributed by atoms with Crippen molar-refractivity contribution < 1.29 is 9.53 Å². The molecule has 2 fully saturated rings. The Bertz CT molecular complexity index is 538. The lowest BCUT2D eigenvalue weighted by Gasteiger charge is -2.36. The molecule has 2 aliphatic heterocycles.